The van der Waals surface area contributed by atoms with Crippen molar-refractivity contribution >= 4 is 23.2 Å². The van der Waals surface area contributed by atoms with Gasteiger partial charge < -0.3 is 9.80 Å². The summed E-state index contributed by atoms with van der Waals surface area (Å²) >= 11 is 0. The number of hydrogen-bond acceptors (Lipinski definition) is 2. The van der Waals surface area contributed by atoms with E-state index in [4.69, 9.17) is 0 Å². The predicted molar refractivity (Wildman–Crippen MR) is 156 cm³/mol. The lowest BCUT2D eigenvalue weighted by Crippen LogP contribution is -2.56. The van der Waals surface area contributed by atoms with Crippen LogP contribution in [0.4, 0.5) is 11.4 Å². The maximum Gasteiger partial charge on any atom is 0.224 e. The Kier molecular flexibility index (Phi) is 5.90. The third-order valence-electron chi connectivity index (χ3n) is 9.03. The third kappa shape index (κ3) is 3.80. The van der Waals surface area contributed by atoms with Crippen LogP contribution in [0.1, 0.15) is 90.5 Å². The molecule has 0 bridgehead atoms. The van der Waals surface area contributed by atoms with Crippen molar-refractivity contribution < 1.29 is 9.59 Å². The predicted octanol–water partition coefficient (Wildman–Crippen LogP) is 7.37. The van der Waals surface area contributed by atoms with Crippen LogP contribution in [0.5, 0.6) is 0 Å². The Hall–Kier alpha value is -3.40. The Morgan fingerprint density at radius 2 is 1.05 bits per heavy atom. The van der Waals surface area contributed by atoms with Crippen molar-refractivity contribution in [1.82, 2.24) is 0 Å². The number of nitrogens with zero attached hydrogens (tertiary/aromatic N) is 2. The molecule has 2 atom stereocenters. The maximum absolute atomic E-state index is 13.0. The molecule has 2 unspecified atom stereocenters. The molecule has 4 heteroatoms. The molecule has 3 aromatic rings. The van der Waals surface area contributed by atoms with E-state index in [1.54, 1.807) is 13.8 Å². The molecule has 2 heterocycles. The average molecular weight is 509 g/mol. The minimum absolute atomic E-state index is 0.0610. The van der Waals surface area contributed by atoms with E-state index in [1.165, 1.54) is 16.7 Å². The Balaban J connectivity index is 1.78. The summed E-state index contributed by atoms with van der Waals surface area (Å²) in [6.45, 7) is 16.6. The summed E-state index contributed by atoms with van der Waals surface area (Å²) in [7, 11) is 0. The van der Waals surface area contributed by atoms with E-state index in [9.17, 15) is 9.59 Å². The Morgan fingerprint density at radius 1 is 0.579 bits per heavy atom. The highest BCUT2D eigenvalue weighted by Gasteiger charge is 2.50. The van der Waals surface area contributed by atoms with Gasteiger partial charge >= 0.3 is 0 Å². The second-order valence-corrected chi connectivity index (χ2v) is 13.0. The van der Waals surface area contributed by atoms with Gasteiger partial charge in [-0.1, -0.05) is 74.5 Å². The molecular weight excluding hydrogens is 468 g/mol. The summed E-state index contributed by atoms with van der Waals surface area (Å²) in [4.78, 5) is 29.8. The normalized spacial score (nSPS) is 25.4. The Labute approximate surface area is 227 Å². The van der Waals surface area contributed by atoms with Crippen LogP contribution in [0.2, 0.25) is 0 Å². The number of amides is 2. The standard InChI is InChI=1S/C34H40N2O2/c1-23(37)35-29-17-13-12-16-27(29)34(8,22-32(35,5)6)26-18-19-30-28(20-26)33(7,25-14-10-9-11-15-25)21-31(3,4)36(30)24(2)38/h9-20H,21-22H2,1-8H3. The lowest BCUT2D eigenvalue weighted by molar-refractivity contribution is -0.118. The van der Waals surface area contributed by atoms with Crippen molar-refractivity contribution in [2.24, 2.45) is 0 Å². The minimum atomic E-state index is -0.360. The number of fused-ring (bicyclic) bond motifs is 2. The van der Waals surface area contributed by atoms with E-state index in [0.29, 0.717) is 0 Å². The second kappa shape index (κ2) is 8.56. The Morgan fingerprint density at radius 3 is 1.61 bits per heavy atom. The highest BCUT2D eigenvalue weighted by atomic mass is 16.2. The highest BCUT2D eigenvalue weighted by Crippen LogP contribution is 2.54. The van der Waals surface area contributed by atoms with Crippen LogP contribution in [0, 0.1) is 0 Å². The molecule has 2 amide bonds. The first-order valence-electron chi connectivity index (χ1n) is 13.6. The van der Waals surface area contributed by atoms with Gasteiger partial charge in [-0.2, -0.15) is 0 Å². The van der Waals surface area contributed by atoms with Crippen LogP contribution in [-0.2, 0) is 20.4 Å². The van der Waals surface area contributed by atoms with Crippen LogP contribution >= 0.6 is 0 Å². The third-order valence-corrected chi connectivity index (χ3v) is 9.03. The second-order valence-electron chi connectivity index (χ2n) is 13.0. The molecule has 5 rings (SSSR count). The van der Waals surface area contributed by atoms with E-state index in [1.807, 2.05) is 15.9 Å². The van der Waals surface area contributed by atoms with Crippen LogP contribution in [-0.4, -0.2) is 22.9 Å². The first-order valence-corrected chi connectivity index (χ1v) is 13.6. The number of benzene rings is 3. The van der Waals surface area contributed by atoms with Gasteiger partial charge in [-0.15, -0.1) is 0 Å². The van der Waals surface area contributed by atoms with E-state index < -0.39 is 0 Å². The van der Waals surface area contributed by atoms with E-state index in [2.05, 4.69) is 108 Å². The molecule has 198 valence electrons. The summed E-state index contributed by atoms with van der Waals surface area (Å²) in [6.07, 6.45) is 1.61. The lowest BCUT2D eigenvalue weighted by atomic mass is 9.61. The highest BCUT2D eigenvalue weighted by molar-refractivity contribution is 5.96. The zero-order valence-electron chi connectivity index (χ0n) is 24.1. The van der Waals surface area contributed by atoms with Gasteiger partial charge in [0.2, 0.25) is 11.8 Å². The SMILES string of the molecule is CC(=O)N1c2ccccc2C(C)(c2ccc3c(c2)C(C)(c2ccccc2)CC(C)(C)N3C(C)=O)CC1(C)C. The quantitative estimate of drug-likeness (QED) is 0.363. The molecule has 0 saturated carbocycles. The topological polar surface area (TPSA) is 40.6 Å². The fourth-order valence-electron chi connectivity index (χ4n) is 7.90. The van der Waals surface area contributed by atoms with Gasteiger partial charge in [0.15, 0.2) is 0 Å². The maximum atomic E-state index is 13.0. The van der Waals surface area contributed by atoms with Crippen LogP contribution in [0.25, 0.3) is 0 Å². The van der Waals surface area contributed by atoms with Gasteiger partial charge in [-0.25, -0.2) is 0 Å². The number of para-hydroxylation sites is 1. The molecule has 0 saturated heterocycles. The number of anilines is 2. The molecule has 0 N–H and O–H groups in total. The lowest BCUT2D eigenvalue weighted by Gasteiger charge is -2.53. The van der Waals surface area contributed by atoms with Gasteiger partial charge in [0.1, 0.15) is 0 Å². The van der Waals surface area contributed by atoms with Crippen molar-refractivity contribution in [3.05, 3.63) is 95.1 Å². The average Bonchev–Trinajstić information content (AvgIpc) is 2.82. The van der Waals surface area contributed by atoms with E-state index in [-0.39, 0.29) is 33.7 Å². The molecular formula is C34H40N2O2. The molecule has 0 aliphatic carbocycles. The number of carbonyl (C=O) groups is 2. The summed E-state index contributed by atoms with van der Waals surface area (Å²) in [5.74, 6) is 0.123. The molecule has 0 fully saturated rings. The number of hydrogen-bond donors (Lipinski definition) is 0. The fraction of sp³-hybridized carbons (Fsp3) is 0.412. The van der Waals surface area contributed by atoms with E-state index in [0.717, 1.165) is 29.8 Å². The van der Waals surface area contributed by atoms with Crippen molar-refractivity contribution in [1.29, 1.82) is 0 Å². The first-order chi connectivity index (χ1) is 17.7. The first kappa shape index (κ1) is 26.2. The molecule has 0 aromatic heterocycles. The van der Waals surface area contributed by atoms with Crippen molar-refractivity contribution in [2.45, 2.75) is 90.1 Å². The van der Waals surface area contributed by atoms with Gasteiger partial charge in [-0.05, 0) is 74.9 Å². The van der Waals surface area contributed by atoms with Crippen molar-refractivity contribution in [3.8, 4) is 0 Å². The summed E-state index contributed by atoms with van der Waals surface area (Å²) in [5, 5.41) is 0. The van der Waals surface area contributed by atoms with Gasteiger partial charge in [0, 0.05) is 47.1 Å². The molecule has 38 heavy (non-hydrogen) atoms. The van der Waals surface area contributed by atoms with Crippen LogP contribution < -0.4 is 9.80 Å². The van der Waals surface area contributed by atoms with Crippen molar-refractivity contribution in [3.63, 3.8) is 0 Å². The number of rotatable bonds is 2. The summed E-state index contributed by atoms with van der Waals surface area (Å²) in [5.41, 5.74) is 5.50. The molecule has 3 aromatic carbocycles. The fourth-order valence-corrected chi connectivity index (χ4v) is 7.90. The van der Waals surface area contributed by atoms with Crippen molar-refractivity contribution in [2.75, 3.05) is 9.80 Å². The minimum Gasteiger partial charge on any atom is -0.307 e. The molecule has 0 spiro atoms. The molecule has 2 aliphatic heterocycles. The molecule has 0 radical (unpaired) electrons. The van der Waals surface area contributed by atoms with Crippen LogP contribution in [0.15, 0.2) is 72.8 Å². The van der Waals surface area contributed by atoms with Gasteiger partial charge in [0.05, 0.1) is 0 Å². The van der Waals surface area contributed by atoms with Gasteiger partial charge in [0.25, 0.3) is 0 Å². The van der Waals surface area contributed by atoms with E-state index >= 15 is 0 Å². The smallest absolute Gasteiger partial charge is 0.224 e. The molecule has 2 aliphatic rings. The van der Waals surface area contributed by atoms with Crippen LogP contribution in [0.3, 0.4) is 0 Å². The monoisotopic (exact) mass is 508 g/mol. The molecule has 4 nitrogen and oxygen atoms in total. The number of carbonyl (C=O) groups excluding carboxylic acids is 2. The van der Waals surface area contributed by atoms with Gasteiger partial charge in [-0.3, -0.25) is 9.59 Å². The largest absolute Gasteiger partial charge is 0.307 e. The summed E-state index contributed by atoms with van der Waals surface area (Å²) in [6, 6.07) is 25.7. The zero-order chi connectivity index (χ0) is 27.7. The Bertz CT molecular complexity index is 1420. The zero-order valence-corrected chi connectivity index (χ0v) is 24.1. The summed E-state index contributed by atoms with van der Waals surface area (Å²) < 4.78 is 0.